The molecule has 0 radical (unpaired) electrons. The van der Waals surface area contributed by atoms with Gasteiger partial charge in [0.2, 0.25) is 0 Å². The van der Waals surface area contributed by atoms with Gasteiger partial charge in [0.15, 0.2) is 0 Å². The standard InChI is InChI=1S/C11H21N/c1-3-10(2)11-6-4-8-12(11)9-5-7-11/h10H,3-9H2,1-2H3. The van der Waals surface area contributed by atoms with Crippen LogP contribution in [-0.2, 0) is 0 Å². The first-order chi connectivity index (χ1) is 5.79. The molecule has 2 aliphatic rings. The van der Waals surface area contributed by atoms with Crippen LogP contribution in [0.4, 0.5) is 0 Å². The van der Waals surface area contributed by atoms with E-state index in [1.807, 2.05) is 0 Å². The summed E-state index contributed by atoms with van der Waals surface area (Å²) in [6, 6.07) is 0. The molecule has 0 aromatic carbocycles. The van der Waals surface area contributed by atoms with E-state index in [1.54, 1.807) is 0 Å². The highest BCUT2D eigenvalue weighted by molar-refractivity contribution is 5.02. The van der Waals surface area contributed by atoms with Gasteiger partial charge in [-0.25, -0.2) is 0 Å². The van der Waals surface area contributed by atoms with Gasteiger partial charge in [-0.15, -0.1) is 0 Å². The lowest BCUT2D eigenvalue weighted by atomic mass is 9.80. The monoisotopic (exact) mass is 167 g/mol. The predicted octanol–water partition coefficient (Wildman–Crippen LogP) is 2.66. The first-order valence-electron chi connectivity index (χ1n) is 5.54. The van der Waals surface area contributed by atoms with Gasteiger partial charge in [-0.05, 0) is 44.7 Å². The van der Waals surface area contributed by atoms with Gasteiger partial charge in [-0.2, -0.15) is 0 Å². The lowest BCUT2D eigenvalue weighted by Crippen LogP contribution is -2.43. The smallest absolute Gasteiger partial charge is 0.0235 e. The normalized spacial score (nSPS) is 30.5. The van der Waals surface area contributed by atoms with Crippen LogP contribution in [0.25, 0.3) is 0 Å². The van der Waals surface area contributed by atoms with Gasteiger partial charge in [-0.3, -0.25) is 4.90 Å². The van der Waals surface area contributed by atoms with Crippen molar-refractivity contribution in [1.82, 2.24) is 4.90 Å². The molecule has 0 saturated carbocycles. The number of nitrogens with zero attached hydrogens (tertiary/aromatic N) is 1. The van der Waals surface area contributed by atoms with Gasteiger partial charge in [-0.1, -0.05) is 20.3 Å². The summed E-state index contributed by atoms with van der Waals surface area (Å²) in [4.78, 5) is 2.77. The Morgan fingerprint density at radius 2 is 1.83 bits per heavy atom. The van der Waals surface area contributed by atoms with Crippen LogP contribution in [0, 0.1) is 5.92 Å². The van der Waals surface area contributed by atoms with E-state index in [9.17, 15) is 0 Å². The van der Waals surface area contributed by atoms with Crippen LogP contribution in [0.1, 0.15) is 46.0 Å². The molecule has 2 fully saturated rings. The second-order valence-corrected chi connectivity index (χ2v) is 4.61. The molecule has 70 valence electrons. The van der Waals surface area contributed by atoms with E-state index in [-0.39, 0.29) is 0 Å². The van der Waals surface area contributed by atoms with E-state index in [0.717, 1.165) is 5.92 Å². The van der Waals surface area contributed by atoms with Crippen LogP contribution in [0.2, 0.25) is 0 Å². The average Bonchev–Trinajstić information content (AvgIpc) is 2.60. The fourth-order valence-corrected chi connectivity index (χ4v) is 3.33. The number of fused-ring (bicyclic) bond motifs is 1. The Labute approximate surface area is 76.1 Å². The van der Waals surface area contributed by atoms with Crippen molar-refractivity contribution in [1.29, 1.82) is 0 Å². The van der Waals surface area contributed by atoms with Crippen LogP contribution >= 0.6 is 0 Å². The molecule has 2 heterocycles. The van der Waals surface area contributed by atoms with E-state index >= 15 is 0 Å². The van der Waals surface area contributed by atoms with Gasteiger partial charge in [0.25, 0.3) is 0 Å². The average molecular weight is 167 g/mol. The second kappa shape index (κ2) is 3.02. The summed E-state index contributed by atoms with van der Waals surface area (Å²) in [6.45, 7) is 7.55. The molecule has 1 heteroatoms. The molecule has 0 aromatic rings. The van der Waals surface area contributed by atoms with Crippen molar-refractivity contribution in [2.45, 2.75) is 51.5 Å². The third-order valence-electron chi connectivity index (χ3n) is 4.23. The van der Waals surface area contributed by atoms with Crippen molar-refractivity contribution in [2.75, 3.05) is 13.1 Å². The molecule has 2 saturated heterocycles. The Morgan fingerprint density at radius 1 is 1.25 bits per heavy atom. The van der Waals surface area contributed by atoms with Crippen molar-refractivity contribution in [3.05, 3.63) is 0 Å². The number of hydrogen-bond donors (Lipinski definition) is 0. The zero-order chi connectivity index (χ0) is 8.60. The van der Waals surface area contributed by atoms with Gasteiger partial charge in [0, 0.05) is 5.54 Å². The second-order valence-electron chi connectivity index (χ2n) is 4.61. The highest BCUT2D eigenvalue weighted by Gasteiger charge is 2.46. The summed E-state index contributed by atoms with van der Waals surface area (Å²) in [5, 5.41) is 0. The van der Waals surface area contributed by atoms with Crippen LogP contribution in [0.5, 0.6) is 0 Å². The zero-order valence-corrected chi connectivity index (χ0v) is 8.47. The molecule has 0 aromatic heterocycles. The third-order valence-corrected chi connectivity index (χ3v) is 4.23. The summed E-state index contributed by atoms with van der Waals surface area (Å²) in [6.07, 6.45) is 7.20. The van der Waals surface area contributed by atoms with Crippen LogP contribution in [0.15, 0.2) is 0 Å². The maximum absolute atomic E-state index is 2.77. The Kier molecular flexibility index (Phi) is 2.16. The Balaban J connectivity index is 2.16. The van der Waals surface area contributed by atoms with Crippen molar-refractivity contribution >= 4 is 0 Å². The van der Waals surface area contributed by atoms with Gasteiger partial charge in [0.1, 0.15) is 0 Å². The fourth-order valence-electron chi connectivity index (χ4n) is 3.33. The lowest BCUT2D eigenvalue weighted by molar-refractivity contribution is 0.123. The minimum atomic E-state index is 0.648. The van der Waals surface area contributed by atoms with Crippen molar-refractivity contribution < 1.29 is 0 Å². The van der Waals surface area contributed by atoms with Crippen LogP contribution < -0.4 is 0 Å². The summed E-state index contributed by atoms with van der Waals surface area (Å²) in [5.41, 5.74) is 0.648. The largest absolute Gasteiger partial charge is 0.297 e. The van der Waals surface area contributed by atoms with Crippen LogP contribution in [-0.4, -0.2) is 23.5 Å². The van der Waals surface area contributed by atoms with Crippen LogP contribution in [0.3, 0.4) is 0 Å². The first kappa shape index (κ1) is 8.55. The van der Waals surface area contributed by atoms with E-state index in [0.29, 0.717) is 5.54 Å². The molecule has 1 nitrogen and oxygen atoms in total. The molecular weight excluding hydrogens is 146 g/mol. The molecule has 12 heavy (non-hydrogen) atoms. The minimum Gasteiger partial charge on any atom is -0.297 e. The maximum atomic E-state index is 2.77. The molecule has 1 atom stereocenters. The summed E-state index contributed by atoms with van der Waals surface area (Å²) in [7, 11) is 0. The van der Waals surface area contributed by atoms with E-state index in [1.165, 1.54) is 45.2 Å². The highest BCUT2D eigenvalue weighted by Crippen LogP contribution is 2.44. The fraction of sp³-hybridized carbons (Fsp3) is 1.00. The Bertz CT molecular complexity index is 154. The molecule has 0 amide bonds. The Hall–Kier alpha value is -0.0400. The summed E-state index contributed by atoms with van der Waals surface area (Å²) >= 11 is 0. The van der Waals surface area contributed by atoms with E-state index < -0.39 is 0 Å². The minimum absolute atomic E-state index is 0.648. The molecule has 2 aliphatic heterocycles. The molecule has 0 aliphatic carbocycles. The van der Waals surface area contributed by atoms with Crippen molar-refractivity contribution in [2.24, 2.45) is 5.92 Å². The predicted molar refractivity (Wildman–Crippen MR) is 52.2 cm³/mol. The third kappa shape index (κ3) is 1.02. The molecule has 0 N–H and O–H groups in total. The van der Waals surface area contributed by atoms with Crippen molar-refractivity contribution in [3.63, 3.8) is 0 Å². The van der Waals surface area contributed by atoms with Gasteiger partial charge in [0.05, 0.1) is 0 Å². The number of hydrogen-bond acceptors (Lipinski definition) is 1. The Morgan fingerprint density at radius 3 is 2.33 bits per heavy atom. The summed E-state index contributed by atoms with van der Waals surface area (Å²) < 4.78 is 0. The SMILES string of the molecule is CCC(C)C12CCCN1CCC2. The van der Waals surface area contributed by atoms with Crippen molar-refractivity contribution in [3.8, 4) is 0 Å². The van der Waals surface area contributed by atoms with Gasteiger partial charge < -0.3 is 0 Å². The first-order valence-corrected chi connectivity index (χ1v) is 5.54. The molecular formula is C11H21N. The lowest BCUT2D eigenvalue weighted by Gasteiger charge is -2.37. The molecule has 0 spiro atoms. The van der Waals surface area contributed by atoms with E-state index in [2.05, 4.69) is 18.7 Å². The number of rotatable bonds is 2. The van der Waals surface area contributed by atoms with E-state index in [4.69, 9.17) is 0 Å². The quantitative estimate of drug-likeness (QED) is 0.611. The molecule has 0 bridgehead atoms. The highest BCUT2D eigenvalue weighted by atomic mass is 15.2. The van der Waals surface area contributed by atoms with Gasteiger partial charge >= 0.3 is 0 Å². The zero-order valence-electron chi connectivity index (χ0n) is 8.47. The maximum Gasteiger partial charge on any atom is 0.0235 e. The topological polar surface area (TPSA) is 3.24 Å². The molecule has 1 unspecified atom stereocenters. The molecule has 2 rings (SSSR count). The summed E-state index contributed by atoms with van der Waals surface area (Å²) in [5.74, 6) is 0.919.